The van der Waals surface area contributed by atoms with Gasteiger partial charge in [0.25, 0.3) is 12.3 Å². The topological polar surface area (TPSA) is 129 Å². The van der Waals surface area contributed by atoms with Gasteiger partial charge in [0, 0.05) is 107 Å². The molecule has 3 amide bonds. The van der Waals surface area contributed by atoms with Crippen LogP contribution < -0.4 is 19.7 Å². The molecule has 15 heteroatoms. The second kappa shape index (κ2) is 16.1. The number of benzene rings is 3. The van der Waals surface area contributed by atoms with Crippen LogP contribution in [0.4, 0.5) is 14.5 Å². The Morgan fingerprint density at radius 2 is 1.72 bits per heavy atom. The van der Waals surface area contributed by atoms with Gasteiger partial charge >= 0.3 is 0 Å². The van der Waals surface area contributed by atoms with E-state index in [9.17, 15) is 23.2 Å². The molecular weight excluding hydrogens is 823 g/mol. The van der Waals surface area contributed by atoms with Gasteiger partial charge in [-0.25, -0.2) is 8.78 Å². The molecular formula is C49H56F2N6O7. The van der Waals surface area contributed by atoms with Crippen LogP contribution in [-0.4, -0.2) is 128 Å². The Labute approximate surface area is 371 Å². The highest BCUT2D eigenvalue weighted by Gasteiger charge is 2.49. The number of halogens is 2. The van der Waals surface area contributed by atoms with Gasteiger partial charge in [-0.05, 0) is 69.5 Å². The molecule has 64 heavy (non-hydrogen) atoms. The zero-order chi connectivity index (χ0) is 43.9. The average molecular weight is 879 g/mol. The van der Waals surface area contributed by atoms with Crippen molar-refractivity contribution in [2.75, 3.05) is 71.1 Å². The third-order valence-electron chi connectivity index (χ3n) is 15.5. The number of imide groups is 1. The molecule has 13 nitrogen and oxygen atoms in total. The Bertz CT molecular complexity index is 2490. The van der Waals surface area contributed by atoms with Gasteiger partial charge in [0.2, 0.25) is 11.8 Å². The zero-order valence-electron chi connectivity index (χ0n) is 36.5. The number of anilines is 1. The van der Waals surface area contributed by atoms with E-state index in [2.05, 4.69) is 50.4 Å². The van der Waals surface area contributed by atoms with Crippen molar-refractivity contribution in [1.29, 1.82) is 0 Å². The fraction of sp³-hybridized carbons (Fsp3) is 0.531. The zero-order valence-corrected chi connectivity index (χ0v) is 36.5. The SMILES string of the molecule is COc1cc(N2CCC3(CC2)OCC(CN2CCC4(CC2)COc2c4ccc4c2CN(C2CCC(=O)NC2=O)C4=O)CO3)ccc1[C@@H]1c2[nH]c3ccccc3c2C[C@@H](C)N1CC(F)F. The van der Waals surface area contributed by atoms with E-state index in [-0.39, 0.29) is 42.2 Å². The average Bonchev–Trinajstić information content (AvgIpc) is 3.96. The molecule has 11 rings (SSSR count). The summed E-state index contributed by atoms with van der Waals surface area (Å²) in [5, 5.41) is 3.53. The van der Waals surface area contributed by atoms with Crippen molar-refractivity contribution in [3.8, 4) is 11.5 Å². The van der Waals surface area contributed by atoms with E-state index in [0.29, 0.717) is 50.5 Å². The van der Waals surface area contributed by atoms with E-state index in [4.69, 9.17) is 18.9 Å². The third kappa shape index (κ3) is 7.04. The minimum absolute atomic E-state index is 0.0823. The van der Waals surface area contributed by atoms with E-state index in [1.54, 1.807) is 12.0 Å². The van der Waals surface area contributed by atoms with Crippen LogP contribution in [0.5, 0.6) is 11.5 Å². The third-order valence-corrected chi connectivity index (χ3v) is 15.5. The molecule has 4 saturated heterocycles. The number of para-hydroxylation sites is 1. The number of nitrogens with zero attached hydrogens (tertiary/aromatic N) is 4. The molecule has 338 valence electrons. The second-order valence-corrected chi connectivity index (χ2v) is 19.2. The van der Waals surface area contributed by atoms with Crippen molar-refractivity contribution in [3.63, 3.8) is 0 Å². The second-order valence-electron chi connectivity index (χ2n) is 19.2. The molecule has 7 aliphatic rings. The van der Waals surface area contributed by atoms with Crippen molar-refractivity contribution in [2.24, 2.45) is 5.92 Å². The lowest BCUT2D eigenvalue weighted by Crippen LogP contribution is -2.54. The summed E-state index contributed by atoms with van der Waals surface area (Å²) in [6.45, 7) is 8.14. The van der Waals surface area contributed by atoms with Crippen molar-refractivity contribution in [2.45, 2.75) is 94.2 Å². The summed E-state index contributed by atoms with van der Waals surface area (Å²) in [6.07, 6.45) is 2.14. The normalized spacial score (nSPS) is 25.8. The van der Waals surface area contributed by atoms with Crippen LogP contribution in [0.3, 0.4) is 0 Å². The van der Waals surface area contributed by atoms with Gasteiger partial charge < -0.3 is 38.6 Å². The highest BCUT2D eigenvalue weighted by molar-refractivity contribution is 6.06. The highest BCUT2D eigenvalue weighted by atomic mass is 19.3. The van der Waals surface area contributed by atoms with Gasteiger partial charge in [0.15, 0.2) is 5.79 Å². The summed E-state index contributed by atoms with van der Waals surface area (Å²) in [4.78, 5) is 49.7. The number of amides is 3. The first kappa shape index (κ1) is 41.6. The van der Waals surface area contributed by atoms with Crippen LogP contribution in [-0.2, 0) is 37.4 Å². The van der Waals surface area contributed by atoms with Gasteiger partial charge in [0.1, 0.15) is 17.5 Å². The predicted molar refractivity (Wildman–Crippen MR) is 234 cm³/mol. The lowest BCUT2D eigenvalue weighted by Gasteiger charge is -2.47. The number of hydrogen-bond acceptors (Lipinski definition) is 10. The van der Waals surface area contributed by atoms with Crippen LogP contribution in [0.15, 0.2) is 54.6 Å². The van der Waals surface area contributed by atoms with Crippen LogP contribution in [0.1, 0.15) is 89.8 Å². The first-order valence-corrected chi connectivity index (χ1v) is 23.0. The summed E-state index contributed by atoms with van der Waals surface area (Å²) < 4.78 is 53.8. The number of fused-ring (bicyclic) bond motifs is 7. The predicted octanol–water partition coefficient (Wildman–Crippen LogP) is 5.92. The fourth-order valence-electron chi connectivity index (χ4n) is 12.0. The number of piperidine rings is 3. The molecule has 2 spiro atoms. The Hall–Kier alpha value is -5.09. The lowest BCUT2D eigenvalue weighted by molar-refractivity contribution is -0.291. The summed E-state index contributed by atoms with van der Waals surface area (Å²) in [5.41, 5.74) is 7.54. The Morgan fingerprint density at radius 1 is 0.938 bits per heavy atom. The molecule has 0 saturated carbocycles. The number of H-pyrrole nitrogens is 1. The largest absolute Gasteiger partial charge is 0.496 e. The maximum absolute atomic E-state index is 14.1. The van der Waals surface area contributed by atoms with Gasteiger partial charge in [-0.2, -0.15) is 0 Å². The number of carbonyl (C=O) groups excluding carboxylic acids is 3. The van der Waals surface area contributed by atoms with Gasteiger partial charge in [-0.15, -0.1) is 0 Å². The molecule has 4 fully saturated rings. The number of ether oxygens (including phenoxy) is 4. The Morgan fingerprint density at radius 3 is 2.47 bits per heavy atom. The minimum atomic E-state index is -2.47. The van der Waals surface area contributed by atoms with Gasteiger partial charge in [0.05, 0.1) is 46.1 Å². The number of hydrogen-bond donors (Lipinski definition) is 2. The van der Waals surface area contributed by atoms with Gasteiger partial charge in [-0.1, -0.05) is 30.3 Å². The molecule has 3 atom stereocenters. The maximum Gasteiger partial charge on any atom is 0.255 e. The molecule has 0 aliphatic carbocycles. The number of aromatic nitrogens is 1. The van der Waals surface area contributed by atoms with Crippen molar-refractivity contribution in [3.05, 3.63) is 88.1 Å². The highest BCUT2D eigenvalue weighted by Crippen LogP contribution is 2.50. The first-order chi connectivity index (χ1) is 31.0. The molecule has 1 aromatic heterocycles. The Kier molecular flexibility index (Phi) is 10.5. The molecule has 4 aromatic rings. The molecule has 2 N–H and O–H groups in total. The van der Waals surface area contributed by atoms with E-state index < -0.39 is 30.2 Å². The fourth-order valence-corrected chi connectivity index (χ4v) is 12.0. The monoisotopic (exact) mass is 878 g/mol. The van der Waals surface area contributed by atoms with E-state index >= 15 is 0 Å². The molecule has 8 heterocycles. The number of methoxy groups -OCH3 is 1. The standard InChI is InChI=1S/C49H56F2N6O7/c1-29-21-35-32-5-3-4-6-38(32)52-43(35)44(56(29)25-41(50)51)34-8-7-31(22-40(34)61-2)55-19-15-49(16-20-55)63-26-30(27-64-49)23-54-17-13-48(14-18-54)28-62-45-36-24-57(39-11-12-42(58)53-46(39)59)47(60)33(36)9-10-37(45)48/h3-10,22,29-30,39,41,44,52H,11-21,23-28H2,1-2H3,(H,53,58,59)/t29-,39?,44-/m1/s1. The number of aromatic amines is 1. The number of nitrogens with one attached hydrogen (secondary N) is 2. The quantitative estimate of drug-likeness (QED) is 0.206. The van der Waals surface area contributed by atoms with Gasteiger partial charge in [-0.3, -0.25) is 24.6 Å². The number of likely N-dealkylation sites (tertiary alicyclic amines) is 1. The molecule has 7 aliphatic heterocycles. The number of rotatable bonds is 8. The summed E-state index contributed by atoms with van der Waals surface area (Å²) in [7, 11) is 1.66. The molecule has 1 unspecified atom stereocenters. The number of carbonyl (C=O) groups is 3. The molecule has 0 radical (unpaired) electrons. The van der Waals surface area contributed by atoms with E-state index in [0.717, 1.165) is 103 Å². The minimum Gasteiger partial charge on any atom is -0.496 e. The van der Waals surface area contributed by atoms with Crippen molar-refractivity contribution < 1.29 is 42.1 Å². The summed E-state index contributed by atoms with van der Waals surface area (Å²) in [5.74, 6) is 0.252. The molecule has 0 bridgehead atoms. The number of alkyl halides is 2. The van der Waals surface area contributed by atoms with E-state index in [1.807, 2.05) is 36.1 Å². The van der Waals surface area contributed by atoms with Crippen LogP contribution in [0, 0.1) is 5.92 Å². The maximum atomic E-state index is 14.1. The first-order valence-electron chi connectivity index (χ1n) is 23.0. The summed E-state index contributed by atoms with van der Waals surface area (Å²) >= 11 is 0. The van der Waals surface area contributed by atoms with Crippen molar-refractivity contribution >= 4 is 34.3 Å². The Balaban J connectivity index is 0.698. The van der Waals surface area contributed by atoms with Crippen LogP contribution in [0.25, 0.3) is 10.9 Å². The smallest absolute Gasteiger partial charge is 0.255 e. The summed E-state index contributed by atoms with van der Waals surface area (Å²) in [6, 6.07) is 17.2. The van der Waals surface area contributed by atoms with Crippen LogP contribution in [0.2, 0.25) is 0 Å². The van der Waals surface area contributed by atoms with Crippen LogP contribution >= 0.6 is 0 Å². The van der Waals surface area contributed by atoms with Crippen molar-refractivity contribution in [1.82, 2.24) is 25.0 Å². The van der Waals surface area contributed by atoms with E-state index in [1.165, 1.54) is 5.56 Å². The molecule has 3 aromatic carbocycles. The lowest BCUT2D eigenvalue weighted by atomic mass is 9.73.